The Morgan fingerprint density at radius 3 is 1.98 bits per heavy atom. The van der Waals surface area contributed by atoms with Gasteiger partial charge in [0, 0.05) is 38.3 Å². The first-order valence-electron chi connectivity index (χ1n) is 20.4. The molecule has 0 spiro atoms. The minimum atomic E-state index is -0.348. The summed E-state index contributed by atoms with van der Waals surface area (Å²) in [5, 5.41) is 4.81. The number of hydrogen-bond acceptors (Lipinski definition) is 2. The summed E-state index contributed by atoms with van der Waals surface area (Å²) in [6.07, 6.45) is 0. The highest BCUT2D eigenvalue weighted by Crippen LogP contribution is 2.62. The summed E-state index contributed by atoms with van der Waals surface area (Å²) in [4.78, 5) is 2.49. The van der Waals surface area contributed by atoms with Gasteiger partial charge in [0.1, 0.15) is 11.2 Å². The van der Waals surface area contributed by atoms with E-state index >= 15 is 0 Å². The van der Waals surface area contributed by atoms with Crippen molar-refractivity contribution in [3.8, 4) is 39.1 Å². The molecule has 9 aromatic carbocycles. The maximum atomic E-state index is 6.15. The van der Waals surface area contributed by atoms with Gasteiger partial charge in [-0.15, -0.1) is 0 Å². The zero-order valence-corrected chi connectivity index (χ0v) is 32.4. The summed E-state index contributed by atoms with van der Waals surface area (Å²) in [5.74, 6) is 0. The average molecular weight is 753 g/mol. The lowest BCUT2D eigenvalue weighted by atomic mass is 9.70. The van der Waals surface area contributed by atoms with Crippen LogP contribution in [0.5, 0.6) is 0 Å². The maximum Gasteiger partial charge on any atom is 0.135 e. The fourth-order valence-corrected chi connectivity index (χ4v) is 10.6. The molecule has 0 fully saturated rings. The van der Waals surface area contributed by atoms with Gasteiger partial charge in [-0.25, -0.2) is 0 Å². The third-order valence-electron chi connectivity index (χ3n) is 13.2. The molecule has 2 aliphatic rings. The third-order valence-corrected chi connectivity index (χ3v) is 13.2. The summed E-state index contributed by atoms with van der Waals surface area (Å²) in [6.45, 7) is 2.45. The molecule has 0 saturated carbocycles. The molecule has 59 heavy (non-hydrogen) atoms. The smallest absolute Gasteiger partial charge is 0.135 e. The number of nitrogens with zero attached hydrogens (tertiary/aromatic N) is 2. The maximum absolute atomic E-state index is 6.15. The van der Waals surface area contributed by atoms with E-state index in [0.717, 1.165) is 33.3 Å². The molecule has 13 rings (SSSR count). The minimum Gasteiger partial charge on any atom is -0.456 e. The van der Waals surface area contributed by atoms with Crippen LogP contribution >= 0.6 is 0 Å². The van der Waals surface area contributed by atoms with Crippen molar-refractivity contribution in [2.45, 2.75) is 12.3 Å². The van der Waals surface area contributed by atoms with Crippen LogP contribution in [-0.2, 0) is 5.41 Å². The Morgan fingerprint density at radius 2 is 1.08 bits per heavy atom. The Hall–Kier alpha value is -7.62. The van der Waals surface area contributed by atoms with Crippen LogP contribution in [0.4, 0.5) is 17.1 Å². The van der Waals surface area contributed by atoms with E-state index in [1.54, 1.807) is 0 Å². The van der Waals surface area contributed by atoms with Crippen molar-refractivity contribution < 1.29 is 4.42 Å². The van der Waals surface area contributed by atoms with Gasteiger partial charge in [0.2, 0.25) is 0 Å². The molecule has 0 radical (unpaired) electrons. The van der Waals surface area contributed by atoms with Gasteiger partial charge in [0.15, 0.2) is 0 Å². The highest BCUT2D eigenvalue weighted by Gasteiger charge is 2.48. The van der Waals surface area contributed by atoms with E-state index in [9.17, 15) is 0 Å². The van der Waals surface area contributed by atoms with E-state index in [1.807, 2.05) is 12.1 Å². The second-order valence-corrected chi connectivity index (χ2v) is 16.2. The highest BCUT2D eigenvalue weighted by atomic mass is 16.3. The zero-order valence-electron chi connectivity index (χ0n) is 32.4. The number of aromatic nitrogens is 1. The molecular formula is C56H36N2O. The van der Waals surface area contributed by atoms with Gasteiger partial charge in [-0.1, -0.05) is 127 Å². The van der Waals surface area contributed by atoms with Crippen LogP contribution in [0.3, 0.4) is 0 Å². The highest BCUT2D eigenvalue weighted by molar-refractivity contribution is 6.16. The molecule has 1 unspecified atom stereocenters. The number of fused-ring (bicyclic) bond motifs is 11. The molecule has 1 aliphatic carbocycles. The van der Waals surface area contributed by atoms with Crippen molar-refractivity contribution >= 4 is 60.8 Å². The van der Waals surface area contributed by atoms with Crippen molar-refractivity contribution in [1.29, 1.82) is 0 Å². The molecule has 1 aliphatic heterocycles. The summed E-state index contributed by atoms with van der Waals surface area (Å²) in [6, 6.07) is 73.3. The quantitative estimate of drug-likeness (QED) is 0.179. The first-order valence-corrected chi connectivity index (χ1v) is 20.4. The molecule has 2 aromatic heterocycles. The molecule has 0 amide bonds. The lowest BCUT2D eigenvalue weighted by Gasteiger charge is -2.42. The SMILES string of the molecule is CC12c3ccccc3-c3cccc(c31)N(c1ccc(-c3ccc4oc5ccccc5c4c3)cc1)c1ccc(-c3cccc4c3c3ccccc3n4-c3ccccc3)cc12. The summed E-state index contributed by atoms with van der Waals surface area (Å²) < 4.78 is 8.56. The van der Waals surface area contributed by atoms with E-state index in [1.165, 1.54) is 83.3 Å². The molecule has 3 nitrogen and oxygen atoms in total. The normalized spacial score (nSPS) is 15.2. The predicted molar refractivity (Wildman–Crippen MR) is 245 cm³/mol. The third kappa shape index (κ3) is 4.42. The second kappa shape index (κ2) is 12.0. The van der Waals surface area contributed by atoms with Gasteiger partial charge in [-0.05, 0) is 130 Å². The molecule has 0 bridgehead atoms. The number of rotatable bonds is 4. The number of benzene rings is 9. The average Bonchev–Trinajstić information content (AvgIpc) is 3.93. The van der Waals surface area contributed by atoms with Gasteiger partial charge in [-0.3, -0.25) is 0 Å². The van der Waals surface area contributed by atoms with Crippen LogP contribution < -0.4 is 4.90 Å². The molecule has 1 atom stereocenters. The molecule has 3 heteroatoms. The van der Waals surface area contributed by atoms with E-state index in [0.29, 0.717) is 0 Å². The topological polar surface area (TPSA) is 21.3 Å². The zero-order chi connectivity index (χ0) is 38.8. The molecule has 3 heterocycles. The Balaban J connectivity index is 1.01. The van der Waals surface area contributed by atoms with Crippen molar-refractivity contribution in [1.82, 2.24) is 4.57 Å². The van der Waals surface area contributed by atoms with Crippen LogP contribution in [-0.4, -0.2) is 4.57 Å². The summed E-state index contributed by atoms with van der Waals surface area (Å²) in [5.41, 5.74) is 20.1. The van der Waals surface area contributed by atoms with E-state index in [4.69, 9.17) is 4.42 Å². The molecule has 0 N–H and O–H groups in total. The number of anilines is 3. The van der Waals surface area contributed by atoms with Crippen LogP contribution in [0.2, 0.25) is 0 Å². The number of para-hydroxylation sites is 3. The van der Waals surface area contributed by atoms with Gasteiger partial charge in [-0.2, -0.15) is 0 Å². The van der Waals surface area contributed by atoms with Crippen molar-refractivity contribution in [2.24, 2.45) is 0 Å². The fraction of sp³-hybridized carbons (Fsp3) is 0.0357. The Kier molecular flexibility index (Phi) is 6.58. The predicted octanol–water partition coefficient (Wildman–Crippen LogP) is 15.1. The fourth-order valence-electron chi connectivity index (χ4n) is 10.6. The van der Waals surface area contributed by atoms with Crippen LogP contribution in [0.15, 0.2) is 205 Å². The van der Waals surface area contributed by atoms with Crippen LogP contribution in [0.1, 0.15) is 23.6 Å². The van der Waals surface area contributed by atoms with E-state index < -0.39 is 0 Å². The molecular weight excluding hydrogens is 717 g/mol. The lowest BCUT2D eigenvalue weighted by Crippen LogP contribution is -2.32. The van der Waals surface area contributed by atoms with Gasteiger partial charge < -0.3 is 13.9 Å². The van der Waals surface area contributed by atoms with E-state index in [-0.39, 0.29) is 5.41 Å². The largest absolute Gasteiger partial charge is 0.456 e. The monoisotopic (exact) mass is 752 g/mol. The lowest BCUT2D eigenvalue weighted by molar-refractivity contribution is 0.669. The minimum absolute atomic E-state index is 0.348. The molecule has 0 saturated heterocycles. The Bertz CT molecular complexity index is 3520. The van der Waals surface area contributed by atoms with Crippen molar-refractivity contribution in [3.63, 3.8) is 0 Å². The first kappa shape index (κ1) is 32.5. The van der Waals surface area contributed by atoms with Gasteiger partial charge in [0.25, 0.3) is 0 Å². The second-order valence-electron chi connectivity index (χ2n) is 16.2. The summed E-state index contributed by atoms with van der Waals surface area (Å²) in [7, 11) is 0. The first-order chi connectivity index (χ1) is 29.1. The number of furan rings is 1. The van der Waals surface area contributed by atoms with Gasteiger partial charge in [0.05, 0.1) is 22.4 Å². The van der Waals surface area contributed by atoms with Crippen molar-refractivity contribution in [3.05, 3.63) is 217 Å². The van der Waals surface area contributed by atoms with Crippen LogP contribution in [0, 0.1) is 0 Å². The molecule has 276 valence electrons. The van der Waals surface area contributed by atoms with Crippen molar-refractivity contribution in [2.75, 3.05) is 4.90 Å². The number of hydrogen-bond donors (Lipinski definition) is 0. The van der Waals surface area contributed by atoms with E-state index in [2.05, 4.69) is 204 Å². The molecule has 11 aromatic rings. The van der Waals surface area contributed by atoms with Gasteiger partial charge >= 0.3 is 0 Å². The Morgan fingerprint density at radius 1 is 0.407 bits per heavy atom. The van der Waals surface area contributed by atoms with Crippen LogP contribution in [0.25, 0.3) is 82.8 Å². The summed E-state index contributed by atoms with van der Waals surface area (Å²) >= 11 is 0. The Labute approximate surface area is 341 Å². The standard InChI is InChI=1S/C56H36N2O/c1-56-46-20-8-5-15-41(46)43-19-12-23-51(55(43)56)58(39-29-25-35(26-30-39)36-28-32-53-45(33-36)42-16-7-10-24-52(42)59-53)49-31-27-37(34-47(49)56)40-18-11-22-50-54(40)44-17-6-9-21-48(44)57(50)38-13-3-2-4-14-38/h2-34H,1H3.